The van der Waals surface area contributed by atoms with E-state index in [2.05, 4.69) is 10.2 Å². The van der Waals surface area contributed by atoms with Gasteiger partial charge in [0.15, 0.2) is 0 Å². The first-order valence-corrected chi connectivity index (χ1v) is 8.01. The van der Waals surface area contributed by atoms with E-state index < -0.39 is 10.8 Å². The van der Waals surface area contributed by atoms with Crippen molar-refractivity contribution in [2.24, 2.45) is 0 Å². The minimum Gasteiger partial charge on any atom is -0.507 e. The number of nitro benzene ring substituents is 1. The molecular formula is C17H21N3O5. The second-order valence-corrected chi connectivity index (χ2v) is 5.42. The number of nitrogens with one attached hydrogen (secondary N) is 1. The van der Waals surface area contributed by atoms with Crippen LogP contribution in [0.1, 0.15) is 36.0 Å². The van der Waals surface area contributed by atoms with Crippen molar-refractivity contribution >= 4 is 11.6 Å². The van der Waals surface area contributed by atoms with E-state index in [1.807, 2.05) is 19.9 Å². The molecule has 2 aromatic rings. The molecule has 0 saturated heterocycles. The van der Waals surface area contributed by atoms with Gasteiger partial charge in [0.05, 0.1) is 22.8 Å². The monoisotopic (exact) mass is 347 g/mol. The molecule has 0 aliphatic carbocycles. The quantitative estimate of drug-likeness (QED) is 0.561. The zero-order valence-corrected chi connectivity index (χ0v) is 14.1. The molecule has 0 fully saturated rings. The van der Waals surface area contributed by atoms with Crippen molar-refractivity contribution in [1.82, 2.24) is 10.2 Å². The van der Waals surface area contributed by atoms with Gasteiger partial charge in [0, 0.05) is 18.7 Å². The van der Waals surface area contributed by atoms with Crippen molar-refractivity contribution < 1.29 is 19.2 Å². The van der Waals surface area contributed by atoms with Gasteiger partial charge in [0.2, 0.25) is 0 Å². The van der Waals surface area contributed by atoms with E-state index in [-0.39, 0.29) is 29.6 Å². The number of phenolic OH excluding ortho intramolecular Hbond substituents is 1. The lowest BCUT2D eigenvalue weighted by atomic mass is 10.1. The summed E-state index contributed by atoms with van der Waals surface area (Å²) in [6, 6.07) is 6.79. The first-order valence-electron chi connectivity index (χ1n) is 8.01. The van der Waals surface area contributed by atoms with E-state index in [4.69, 9.17) is 4.42 Å². The fraction of sp³-hybridized carbons (Fsp3) is 0.353. The number of benzene rings is 1. The Kier molecular flexibility index (Phi) is 6.13. The van der Waals surface area contributed by atoms with Crippen molar-refractivity contribution in [3.8, 4) is 5.75 Å². The van der Waals surface area contributed by atoms with Gasteiger partial charge in [-0.05, 0) is 31.3 Å². The van der Waals surface area contributed by atoms with Gasteiger partial charge in [-0.25, -0.2) is 0 Å². The number of hydrogen-bond donors (Lipinski definition) is 2. The van der Waals surface area contributed by atoms with Gasteiger partial charge in [-0.15, -0.1) is 0 Å². The van der Waals surface area contributed by atoms with E-state index in [0.29, 0.717) is 5.76 Å². The summed E-state index contributed by atoms with van der Waals surface area (Å²) in [7, 11) is 0. The van der Waals surface area contributed by atoms with Gasteiger partial charge in [0.25, 0.3) is 11.6 Å². The first kappa shape index (κ1) is 18.5. The third-order valence-corrected chi connectivity index (χ3v) is 4.02. The van der Waals surface area contributed by atoms with Gasteiger partial charge in [0.1, 0.15) is 11.5 Å². The lowest BCUT2D eigenvalue weighted by Crippen LogP contribution is -2.38. The van der Waals surface area contributed by atoms with Crippen LogP contribution in [0.4, 0.5) is 5.69 Å². The number of amides is 1. The fourth-order valence-electron chi connectivity index (χ4n) is 2.66. The Morgan fingerprint density at radius 1 is 1.36 bits per heavy atom. The molecule has 2 rings (SSSR count). The van der Waals surface area contributed by atoms with E-state index in [1.165, 1.54) is 0 Å². The maximum absolute atomic E-state index is 12.4. The van der Waals surface area contributed by atoms with Crippen molar-refractivity contribution in [1.29, 1.82) is 0 Å². The minimum absolute atomic E-state index is 0.132. The van der Waals surface area contributed by atoms with E-state index >= 15 is 0 Å². The summed E-state index contributed by atoms with van der Waals surface area (Å²) in [5.74, 6) is -0.169. The standard InChI is InChI=1S/C17H21N3O5/c1-3-19(4-2)14(16-6-5-9-25-16)11-18-17(22)13-10-12(20(23)24)7-8-15(13)21/h5-10,14,21H,3-4,11H2,1-2H3,(H,18,22). The van der Waals surface area contributed by atoms with Crippen LogP contribution in [0.3, 0.4) is 0 Å². The van der Waals surface area contributed by atoms with Crippen molar-refractivity contribution in [2.75, 3.05) is 19.6 Å². The summed E-state index contributed by atoms with van der Waals surface area (Å²) in [6.45, 7) is 5.79. The van der Waals surface area contributed by atoms with Crippen LogP contribution in [0.15, 0.2) is 41.0 Å². The minimum atomic E-state index is -0.613. The maximum Gasteiger partial charge on any atom is 0.270 e. The highest BCUT2D eigenvalue weighted by molar-refractivity contribution is 5.97. The zero-order chi connectivity index (χ0) is 18.4. The molecular weight excluding hydrogens is 326 g/mol. The molecule has 0 radical (unpaired) electrons. The molecule has 8 nitrogen and oxygen atoms in total. The smallest absolute Gasteiger partial charge is 0.270 e. The fourth-order valence-corrected chi connectivity index (χ4v) is 2.66. The number of aromatic hydroxyl groups is 1. The zero-order valence-electron chi connectivity index (χ0n) is 14.1. The number of nitro groups is 1. The van der Waals surface area contributed by atoms with Gasteiger partial charge in [-0.1, -0.05) is 13.8 Å². The molecule has 1 aromatic heterocycles. The van der Waals surface area contributed by atoms with Gasteiger partial charge in [-0.2, -0.15) is 0 Å². The summed E-state index contributed by atoms with van der Waals surface area (Å²) in [4.78, 5) is 24.7. The van der Waals surface area contributed by atoms with Crippen LogP contribution in [0.5, 0.6) is 5.75 Å². The Hall–Kier alpha value is -2.87. The largest absolute Gasteiger partial charge is 0.507 e. The first-order chi connectivity index (χ1) is 12.0. The highest BCUT2D eigenvalue weighted by Crippen LogP contribution is 2.24. The average Bonchev–Trinajstić information content (AvgIpc) is 3.12. The number of likely N-dealkylation sites (N-methyl/N-ethyl adjacent to an activating group) is 1. The van der Waals surface area contributed by atoms with E-state index in [9.17, 15) is 20.0 Å². The summed E-state index contributed by atoms with van der Waals surface area (Å²) in [6.07, 6.45) is 1.57. The van der Waals surface area contributed by atoms with Gasteiger partial charge < -0.3 is 14.8 Å². The van der Waals surface area contributed by atoms with Crippen LogP contribution in [0.2, 0.25) is 0 Å². The third kappa shape index (κ3) is 4.36. The van der Waals surface area contributed by atoms with Gasteiger partial charge in [-0.3, -0.25) is 19.8 Å². The SMILES string of the molecule is CCN(CC)C(CNC(=O)c1cc([N+](=O)[O-])ccc1O)c1ccco1. The second kappa shape index (κ2) is 8.29. The van der Waals surface area contributed by atoms with Crippen LogP contribution in [-0.2, 0) is 0 Å². The number of nitrogens with zero attached hydrogens (tertiary/aromatic N) is 2. The van der Waals surface area contributed by atoms with Crippen LogP contribution in [-0.4, -0.2) is 40.5 Å². The molecule has 2 N–H and O–H groups in total. The predicted octanol–water partition coefficient (Wildman–Crippen LogP) is 2.71. The molecule has 0 spiro atoms. The molecule has 0 bridgehead atoms. The lowest BCUT2D eigenvalue weighted by Gasteiger charge is -2.28. The number of hydrogen-bond acceptors (Lipinski definition) is 6. The normalized spacial score (nSPS) is 12.1. The topological polar surface area (TPSA) is 109 Å². The number of phenols is 1. The van der Waals surface area contributed by atoms with Crippen molar-refractivity contribution in [2.45, 2.75) is 19.9 Å². The molecule has 8 heteroatoms. The molecule has 1 unspecified atom stereocenters. The van der Waals surface area contributed by atoms with Gasteiger partial charge >= 0.3 is 0 Å². The van der Waals surface area contributed by atoms with Crippen LogP contribution >= 0.6 is 0 Å². The second-order valence-electron chi connectivity index (χ2n) is 5.42. The molecule has 0 saturated carbocycles. The summed E-state index contributed by atoms with van der Waals surface area (Å²) in [5, 5.41) is 23.4. The molecule has 1 amide bonds. The Balaban J connectivity index is 2.16. The van der Waals surface area contributed by atoms with Crippen LogP contribution < -0.4 is 5.32 Å². The number of rotatable bonds is 8. The predicted molar refractivity (Wildman–Crippen MR) is 91.5 cm³/mol. The number of carbonyl (C=O) groups is 1. The van der Waals surface area contributed by atoms with E-state index in [1.54, 1.807) is 12.3 Å². The van der Waals surface area contributed by atoms with Crippen molar-refractivity contribution in [3.63, 3.8) is 0 Å². The molecule has 134 valence electrons. The Labute approximate surface area is 145 Å². The Bertz CT molecular complexity index is 726. The maximum atomic E-state index is 12.4. The number of furan rings is 1. The molecule has 1 aromatic carbocycles. The number of carbonyl (C=O) groups excluding carboxylic acids is 1. The average molecular weight is 347 g/mol. The summed E-state index contributed by atoms with van der Waals surface area (Å²) in [5.41, 5.74) is -0.388. The third-order valence-electron chi connectivity index (χ3n) is 4.02. The Morgan fingerprint density at radius 2 is 2.08 bits per heavy atom. The van der Waals surface area contributed by atoms with Crippen molar-refractivity contribution in [3.05, 3.63) is 58.0 Å². The molecule has 0 aliphatic rings. The molecule has 1 heterocycles. The molecule has 25 heavy (non-hydrogen) atoms. The summed E-state index contributed by atoms with van der Waals surface area (Å²) < 4.78 is 5.46. The van der Waals surface area contributed by atoms with Crippen LogP contribution in [0, 0.1) is 10.1 Å². The Morgan fingerprint density at radius 3 is 2.64 bits per heavy atom. The molecule has 0 aliphatic heterocycles. The van der Waals surface area contributed by atoms with E-state index in [0.717, 1.165) is 31.3 Å². The highest BCUT2D eigenvalue weighted by atomic mass is 16.6. The summed E-state index contributed by atoms with van der Waals surface area (Å²) >= 11 is 0. The lowest BCUT2D eigenvalue weighted by molar-refractivity contribution is -0.384. The highest BCUT2D eigenvalue weighted by Gasteiger charge is 2.23. The number of non-ortho nitro benzene ring substituents is 1. The van der Waals surface area contributed by atoms with Crippen LogP contribution in [0.25, 0.3) is 0 Å². The molecule has 1 atom stereocenters.